The first-order chi connectivity index (χ1) is 20.3. The molecule has 2 heterocycles. The van der Waals surface area contributed by atoms with Crippen molar-refractivity contribution < 1.29 is 50.5 Å². The van der Waals surface area contributed by atoms with E-state index < -0.39 is 30.1 Å². The van der Waals surface area contributed by atoms with Crippen LogP contribution in [-0.4, -0.2) is 48.6 Å². The molecule has 1 aliphatic heterocycles. The number of nitrogens with zero attached hydrogens (tertiary/aromatic N) is 1. The van der Waals surface area contributed by atoms with E-state index in [9.17, 15) is 31.5 Å². The van der Waals surface area contributed by atoms with Crippen molar-refractivity contribution >= 4 is 29.1 Å². The van der Waals surface area contributed by atoms with Crippen molar-refractivity contribution in [1.82, 2.24) is 4.98 Å². The number of anilines is 3. The van der Waals surface area contributed by atoms with E-state index in [0.717, 1.165) is 24.6 Å². The second kappa shape index (κ2) is 13.1. The number of hydrogen-bond donors (Lipinski definition) is 3. The molecule has 0 radical (unpaired) electrons. The number of carbonyl (C=O) groups is 2. The fourth-order valence-corrected chi connectivity index (χ4v) is 3.85. The molecule has 15 heteroatoms. The van der Waals surface area contributed by atoms with Crippen molar-refractivity contribution in [1.29, 1.82) is 0 Å². The predicted molar refractivity (Wildman–Crippen MR) is 144 cm³/mol. The minimum absolute atomic E-state index is 0.00632. The summed E-state index contributed by atoms with van der Waals surface area (Å²) in [6.07, 6.45) is -6.80. The molecule has 2 aromatic carbocycles. The van der Waals surface area contributed by atoms with Crippen LogP contribution in [0.4, 0.5) is 39.1 Å². The van der Waals surface area contributed by atoms with E-state index in [2.05, 4.69) is 35.1 Å². The zero-order valence-corrected chi connectivity index (χ0v) is 22.9. The summed E-state index contributed by atoms with van der Waals surface area (Å²) in [6, 6.07) is 10.4. The lowest BCUT2D eigenvalue weighted by Gasteiger charge is -2.17. The molecule has 0 unspecified atom stereocenters. The van der Waals surface area contributed by atoms with E-state index >= 15 is 0 Å². The number of pyridine rings is 1. The van der Waals surface area contributed by atoms with E-state index in [1.54, 1.807) is 12.1 Å². The van der Waals surface area contributed by atoms with E-state index in [1.165, 1.54) is 24.4 Å². The van der Waals surface area contributed by atoms with Gasteiger partial charge < -0.3 is 34.9 Å². The first-order valence-corrected chi connectivity index (χ1v) is 13.0. The Labute approximate surface area is 242 Å². The predicted octanol–water partition coefficient (Wildman–Crippen LogP) is 5.96. The molecule has 10 nitrogen and oxygen atoms in total. The van der Waals surface area contributed by atoms with Gasteiger partial charge in [-0.1, -0.05) is 6.07 Å². The molecule has 1 aromatic heterocycles. The van der Waals surface area contributed by atoms with Gasteiger partial charge >= 0.3 is 18.4 Å². The van der Waals surface area contributed by atoms with Crippen molar-refractivity contribution in [3.05, 3.63) is 65.9 Å². The number of benzene rings is 2. The third kappa shape index (κ3) is 8.67. The van der Waals surface area contributed by atoms with Crippen LogP contribution < -0.4 is 30.2 Å². The molecule has 0 atom stereocenters. The van der Waals surface area contributed by atoms with Gasteiger partial charge in [-0.2, -0.15) is 13.2 Å². The van der Waals surface area contributed by atoms with Crippen molar-refractivity contribution in [2.45, 2.75) is 45.4 Å². The summed E-state index contributed by atoms with van der Waals surface area (Å²) in [5.41, 5.74) is 0.239. The molecular formula is C28H27F5N4O6. The van der Waals surface area contributed by atoms with Gasteiger partial charge in [-0.3, -0.25) is 4.79 Å². The van der Waals surface area contributed by atoms with Gasteiger partial charge in [0.15, 0.2) is 17.2 Å². The molecule has 0 saturated carbocycles. The number of aromatic nitrogens is 1. The minimum Gasteiger partial charge on any atom is -0.418 e. The van der Waals surface area contributed by atoms with Crippen LogP contribution >= 0.6 is 0 Å². The molecule has 3 aromatic rings. The summed E-state index contributed by atoms with van der Waals surface area (Å²) in [6.45, 7) is 5.00. The first kappa shape index (κ1) is 31.3. The van der Waals surface area contributed by atoms with Crippen LogP contribution in [0.2, 0.25) is 0 Å². The summed E-state index contributed by atoms with van der Waals surface area (Å²) < 4.78 is 84.5. The highest BCUT2D eigenvalue weighted by Gasteiger charge is 2.44. The molecule has 0 bridgehead atoms. The number of rotatable bonds is 12. The maximum atomic E-state index is 13.4. The Bertz CT molecular complexity index is 1470. The zero-order valence-electron chi connectivity index (χ0n) is 22.9. The first-order valence-electron chi connectivity index (χ1n) is 13.0. The van der Waals surface area contributed by atoms with Crippen LogP contribution in [0.5, 0.6) is 17.2 Å². The monoisotopic (exact) mass is 610 g/mol. The van der Waals surface area contributed by atoms with Crippen molar-refractivity contribution in [3.8, 4) is 17.2 Å². The molecule has 230 valence electrons. The third-order valence-electron chi connectivity index (χ3n) is 5.74. The lowest BCUT2D eigenvalue weighted by molar-refractivity contribution is -0.286. The standard InChI is InChI=1S/C28H27F5N4O6/c1-16(2)40-12-4-10-34-23-13-17(9-11-35-23)15-36-24-19(5-3-6-21(24)41-26(39)27(29,30)31)25(38)37-18-7-8-20-22(14-18)43-28(32,33)42-20/h3,5-9,11,13-14,16,36H,4,10,12,15H2,1-2H3,(H,34,35)(H,37,38). The Kier molecular flexibility index (Phi) is 9.53. The fourth-order valence-electron chi connectivity index (χ4n) is 3.85. The molecule has 4 rings (SSSR count). The smallest absolute Gasteiger partial charge is 0.418 e. The number of amides is 1. The topological polar surface area (TPSA) is 120 Å². The number of esters is 1. The lowest BCUT2D eigenvalue weighted by Crippen LogP contribution is -2.28. The van der Waals surface area contributed by atoms with Crippen LogP contribution in [0, 0.1) is 0 Å². The van der Waals surface area contributed by atoms with Gasteiger partial charge in [-0.15, -0.1) is 8.78 Å². The van der Waals surface area contributed by atoms with Crippen molar-refractivity contribution in [3.63, 3.8) is 0 Å². The number of para-hydroxylation sites is 1. The summed E-state index contributed by atoms with van der Waals surface area (Å²) in [5, 5.41) is 8.47. The molecule has 43 heavy (non-hydrogen) atoms. The number of alkyl halides is 5. The van der Waals surface area contributed by atoms with Gasteiger partial charge in [0, 0.05) is 37.6 Å². The van der Waals surface area contributed by atoms with Crippen LogP contribution in [0.3, 0.4) is 0 Å². The van der Waals surface area contributed by atoms with Crippen LogP contribution in [-0.2, 0) is 16.1 Å². The summed E-state index contributed by atoms with van der Waals surface area (Å²) >= 11 is 0. The number of halogens is 5. The van der Waals surface area contributed by atoms with E-state index in [0.29, 0.717) is 24.5 Å². The van der Waals surface area contributed by atoms with Crippen molar-refractivity contribution in [2.24, 2.45) is 0 Å². The zero-order chi connectivity index (χ0) is 31.2. The van der Waals surface area contributed by atoms with Gasteiger partial charge in [-0.05, 0) is 62.2 Å². The highest BCUT2D eigenvalue weighted by Crippen LogP contribution is 2.42. The summed E-state index contributed by atoms with van der Waals surface area (Å²) in [7, 11) is 0. The maximum Gasteiger partial charge on any atom is 0.586 e. The SMILES string of the molecule is CC(C)OCCCNc1cc(CNc2c(OC(=O)C(F)(F)F)cccc2C(=O)Nc2ccc3c(c2)OC(F)(F)O3)ccn1. The second-order valence-corrected chi connectivity index (χ2v) is 9.45. The Morgan fingerprint density at radius 3 is 2.53 bits per heavy atom. The van der Waals surface area contributed by atoms with E-state index in [-0.39, 0.29) is 41.1 Å². The van der Waals surface area contributed by atoms with Crippen LogP contribution in [0.15, 0.2) is 54.7 Å². The normalized spacial score (nSPS) is 13.5. The summed E-state index contributed by atoms with van der Waals surface area (Å²) in [4.78, 5) is 29.1. The number of carbonyl (C=O) groups excluding carboxylic acids is 2. The average molecular weight is 611 g/mol. The average Bonchev–Trinajstić information content (AvgIpc) is 3.24. The highest BCUT2D eigenvalue weighted by atomic mass is 19.4. The molecular weight excluding hydrogens is 583 g/mol. The molecule has 0 saturated heterocycles. The molecule has 1 amide bonds. The molecule has 0 fully saturated rings. The minimum atomic E-state index is -5.30. The Balaban J connectivity index is 1.52. The third-order valence-corrected chi connectivity index (χ3v) is 5.74. The number of fused-ring (bicyclic) bond motifs is 1. The van der Waals surface area contributed by atoms with Crippen molar-refractivity contribution in [2.75, 3.05) is 29.1 Å². The molecule has 0 spiro atoms. The van der Waals surface area contributed by atoms with Gasteiger partial charge in [0.25, 0.3) is 5.91 Å². The Morgan fingerprint density at radius 2 is 1.79 bits per heavy atom. The van der Waals surface area contributed by atoms with Crippen LogP contribution in [0.1, 0.15) is 36.2 Å². The quantitative estimate of drug-likeness (QED) is 0.0987. The Morgan fingerprint density at radius 1 is 1.02 bits per heavy atom. The fraction of sp³-hybridized carbons (Fsp3) is 0.321. The highest BCUT2D eigenvalue weighted by molar-refractivity contribution is 6.09. The van der Waals surface area contributed by atoms with E-state index in [4.69, 9.17) is 4.74 Å². The maximum absolute atomic E-state index is 13.4. The Hall–Kier alpha value is -4.66. The number of nitrogens with one attached hydrogen (secondary N) is 3. The van der Waals surface area contributed by atoms with Gasteiger partial charge in [0.05, 0.1) is 17.4 Å². The van der Waals surface area contributed by atoms with Crippen LogP contribution in [0.25, 0.3) is 0 Å². The molecule has 1 aliphatic rings. The van der Waals surface area contributed by atoms with E-state index in [1.807, 2.05) is 13.8 Å². The number of ether oxygens (including phenoxy) is 4. The number of hydrogen-bond acceptors (Lipinski definition) is 9. The second-order valence-electron chi connectivity index (χ2n) is 9.45. The van der Waals surface area contributed by atoms with Gasteiger partial charge in [0.1, 0.15) is 5.82 Å². The largest absolute Gasteiger partial charge is 0.586 e. The molecule has 3 N–H and O–H groups in total. The van der Waals surface area contributed by atoms with Gasteiger partial charge in [-0.25, -0.2) is 9.78 Å². The molecule has 0 aliphatic carbocycles. The summed E-state index contributed by atoms with van der Waals surface area (Å²) in [5.74, 6) is -3.93. The van der Waals surface area contributed by atoms with Gasteiger partial charge in [0.2, 0.25) is 0 Å². The lowest BCUT2D eigenvalue weighted by atomic mass is 10.1.